The first-order valence-electron chi connectivity index (χ1n) is 7.60. The van der Waals surface area contributed by atoms with E-state index in [-0.39, 0.29) is 0 Å². The summed E-state index contributed by atoms with van der Waals surface area (Å²) < 4.78 is 0. The van der Waals surface area contributed by atoms with Crippen molar-refractivity contribution >= 4 is 29.1 Å². The predicted molar refractivity (Wildman–Crippen MR) is 91.6 cm³/mol. The van der Waals surface area contributed by atoms with E-state index >= 15 is 0 Å². The summed E-state index contributed by atoms with van der Waals surface area (Å²) in [5, 5.41) is 4.55. The standard InChI is InChI=1S/C18H18ClNS/c19-14-5-7-18-16(11-14)17(8-9-21-18)20-15-6-4-12-2-1-3-13(12)10-15/h4-7,10-11,17,20H,1-3,8-9H2. The number of thioether (sulfide) groups is 1. The number of rotatable bonds is 2. The molecule has 2 aliphatic rings. The summed E-state index contributed by atoms with van der Waals surface area (Å²) >= 11 is 8.12. The maximum atomic E-state index is 6.18. The van der Waals surface area contributed by atoms with Crippen molar-refractivity contribution in [1.29, 1.82) is 0 Å². The summed E-state index contributed by atoms with van der Waals surface area (Å²) in [5.74, 6) is 1.16. The number of fused-ring (bicyclic) bond motifs is 2. The van der Waals surface area contributed by atoms with Crippen LogP contribution in [-0.2, 0) is 12.8 Å². The Morgan fingerprint density at radius 1 is 1.05 bits per heavy atom. The van der Waals surface area contributed by atoms with Gasteiger partial charge in [-0.2, -0.15) is 0 Å². The number of nitrogens with one attached hydrogen (secondary N) is 1. The Bertz CT molecular complexity index is 683. The predicted octanol–water partition coefficient (Wildman–Crippen LogP) is 5.48. The highest BCUT2D eigenvalue weighted by Crippen LogP contribution is 2.39. The third kappa shape index (κ3) is 2.67. The van der Waals surface area contributed by atoms with Crippen LogP contribution in [0.5, 0.6) is 0 Å². The Morgan fingerprint density at radius 3 is 2.90 bits per heavy atom. The summed E-state index contributed by atoms with van der Waals surface area (Å²) in [6.07, 6.45) is 4.92. The molecule has 0 aromatic heterocycles. The molecule has 0 saturated heterocycles. The molecule has 0 bridgehead atoms. The van der Waals surface area contributed by atoms with Crippen LogP contribution < -0.4 is 5.32 Å². The van der Waals surface area contributed by atoms with Gasteiger partial charge in [-0.05, 0) is 72.7 Å². The molecule has 1 nitrogen and oxygen atoms in total. The van der Waals surface area contributed by atoms with Gasteiger partial charge in [-0.3, -0.25) is 0 Å². The van der Waals surface area contributed by atoms with E-state index in [4.69, 9.17) is 11.6 Å². The molecule has 4 rings (SSSR count). The van der Waals surface area contributed by atoms with E-state index in [0.29, 0.717) is 6.04 Å². The molecule has 1 atom stereocenters. The molecule has 3 heteroatoms. The maximum Gasteiger partial charge on any atom is 0.0533 e. The van der Waals surface area contributed by atoms with Gasteiger partial charge in [0.15, 0.2) is 0 Å². The van der Waals surface area contributed by atoms with E-state index in [1.54, 1.807) is 0 Å². The molecule has 21 heavy (non-hydrogen) atoms. The van der Waals surface area contributed by atoms with Gasteiger partial charge in [0.25, 0.3) is 0 Å². The van der Waals surface area contributed by atoms with Gasteiger partial charge in [0, 0.05) is 21.4 Å². The quantitative estimate of drug-likeness (QED) is 0.787. The highest BCUT2D eigenvalue weighted by Gasteiger charge is 2.21. The van der Waals surface area contributed by atoms with Crippen LogP contribution in [0.2, 0.25) is 5.02 Å². The molecule has 1 N–H and O–H groups in total. The zero-order valence-electron chi connectivity index (χ0n) is 11.9. The van der Waals surface area contributed by atoms with Gasteiger partial charge in [-0.15, -0.1) is 11.8 Å². The number of benzene rings is 2. The monoisotopic (exact) mass is 315 g/mol. The van der Waals surface area contributed by atoms with Gasteiger partial charge in [0.1, 0.15) is 0 Å². The minimum absolute atomic E-state index is 0.374. The average Bonchev–Trinajstić information content (AvgIpc) is 2.95. The SMILES string of the molecule is Clc1ccc2c(c1)C(Nc1ccc3c(c1)CCC3)CCS2. The average molecular weight is 316 g/mol. The highest BCUT2D eigenvalue weighted by molar-refractivity contribution is 7.99. The molecule has 0 saturated carbocycles. The molecule has 1 heterocycles. The van der Waals surface area contributed by atoms with E-state index in [0.717, 1.165) is 17.2 Å². The van der Waals surface area contributed by atoms with Gasteiger partial charge in [-0.25, -0.2) is 0 Å². The molecule has 2 aromatic carbocycles. The molecule has 1 aliphatic carbocycles. The third-order valence-electron chi connectivity index (χ3n) is 4.45. The fourth-order valence-electron chi connectivity index (χ4n) is 3.38. The van der Waals surface area contributed by atoms with Gasteiger partial charge in [0.2, 0.25) is 0 Å². The summed E-state index contributed by atoms with van der Waals surface area (Å²) in [6, 6.07) is 13.5. The number of anilines is 1. The lowest BCUT2D eigenvalue weighted by atomic mass is 10.0. The van der Waals surface area contributed by atoms with E-state index in [9.17, 15) is 0 Å². The second-order valence-electron chi connectivity index (χ2n) is 5.85. The fourth-order valence-corrected chi connectivity index (χ4v) is 4.66. The van der Waals surface area contributed by atoms with Crippen molar-refractivity contribution in [1.82, 2.24) is 0 Å². The number of hydrogen-bond acceptors (Lipinski definition) is 2. The normalized spacial score (nSPS) is 20.0. The molecule has 0 spiro atoms. The van der Waals surface area contributed by atoms with Gasteiger partial charge in [-0.1, -0.05) is 17.7 Å². The second kappa shape index (κ2) is 5.58. The van der Waals surface area contributed by atoms with E-state index < -0.39 is 0 Å². The van der Waals surface area contributed by atoms with Crippen LogP contribution in [0.15, 0.2) is 41.3 Å². The lowest BCUT2D eigenvalue weighted by Gasteiger charge is -2.27. The molecule has 1 unspecified atom stereocenters. The number of aryl methyl sites for hydroxylation is 2. The number of hydrogen-bond donors (Lipinski definition) is 1. The van der Waals surface area contributed by atoms with Crippen molar-refractivity contribution in [2.24, 2.45) is 0 Å². The van der Waals surface area contributed by atoms with E-state index in [1.165, 1.54) is 46.5 Å². The smallest absolute Gasteiger partial charge is 0.0533 e. The maximum absolute atomic E-state index is 6.18. The first-order valence-corrected chi connectivity index (χ1v) is 8.96. The third-order valence-corrected chi connectivity index (χ3v) is 5.81. The molecule has 0 amide bonds. The summed E-state index contributed by atoms with van der Waals surface area (Å²) in [4.78, 5) is 1.37. The van der Waals surface area contributed by atoms with Crippen molar-refractivity contribution in [2.45, 2.75) is 36.6 Å². The topological polar surface area (TPSA) is 12.0 Å². The molecule has 0 fully saturated rings. The van der Waals surface area contributed by atoms with E-state index in [1.807, 2.05) is 17.8 Å². The minimum Gasteiger partial charge on any atom is -0.378 e. The highest BCUT2D eigenvalue weighted by atomic mass is 35.5. The lowest BCUT2D eigenvalue weighted by molar-refractivity contribution is 0.728. The van der Waals surface area contributed by atoms with Crippen LogP contribution in [0, 0.1) is 0 Å². The molecular weight excluding hydrogens is 298 g/mol. The Balaban J connectivity index is 1.62. The Kier molecular flexibility index (Phi) is 3.60. The summed E-state index contributed by atoms with van der Waals surface area (Å²) in [5.41, 5.74) is 5.65. The first-order chi connectivity index (χ1) is 10.3. The van der Waals surface area contributed by atoms with Crippen LogP contribution >= 0.6 is 23.4 Å². The van der Waals surface area contributed by atoms with Crippen LogP contribution in [-0.4, -0.2) is 5.75 Å². The lowest BCUT2D eigenvalue weighted by Crippen LogP contribution is -2.16. The molecule has 108 valence electrons. The summed E-state index contributed by atoms with van der Waals surface area (Å²) in [6.45, 7) is 0. The Morgan fingerprint density at radius 2 is 1.95 bits per heavy atom. The van der Waals surface area contributed by atoms with Gasteiger partial charge >= 0.3 is 0 Å². The van der Waals surface area contributed by atoms with Crippen molar-refractivity contribution in [3.63, 3.8) is 0 Å². The fraction of sp³-hybridized carbons (Fsp3) is 0.333. The van der Waals surface area contributed by atoms with Crippen LogP contribution in [0.3, 0.4) is 0 Å². The van der Waals surface area contributed by atoms with Gasteiger partial charge < -0.3 is 5.32 Å². The molecule has 0 radical (unpaired) electrons. The van der Waals surface area contributed by atoms with Crippen LogP contribution in [0.1, 0.15) is 35.6 Å². The van der Waals surface area contributed by atoms with Gasteiger partial charge in [0.05, 0.1) is 6.04 Å². The van der Waals surface area contributed by atoms with Crippen LogP contribution in [0.25, 0.3) is 0 Å². The largest absolute Gasteiger partial charge is 0.378 e. The molecular formula is C18H18ClNS. The summed E-state index contributed by atoms with van der Waals surface area (Å²) in [7, 11) is 0. The minimum atomic E-state index is 0.374. The van der Waals surface area contributed by atoms with Crippen molar-refractivity contribution in [3.05, 3.63) is 58.1 Å². The Hall–Kier alpha value is -1.12. The van der Waals surface area contributed by atoms with Crippen LogP contribution in [0.4, 0.5) is 5.69 Å². The zero-order chi connectivity index (χ0) is 14.2. The molecule has 2 aromatic rings. The van der Waals surface area contributed by atoms with Crippen molar-refractivity contribution in [3.8, 4) is 0 Å². The van der Waals surface area contributed by atoms with Crippen molar-refractivity contribution in [2.75, 3.05) is 11.1 Å². The first kappa shape index (κ1) is 13.5. The zero-order valence-corrected chi connectivity index (χ0v) is 13.4. The van der Waals surface area contributed by atoms with Crippen molar-refractivity contribution < 1.29 is 0 Å². The second-order valence-corrected chi connectivity index (χ2v) is 7.43. The number of halogens is 1. The molecule has 1 aliphatic heterocycles. The Labute approximate surface area is 135 Å². The van der Waals surface area contributed by atoms with E-state index in [2.05, 4.69) is 35.6 Å².